The van der Waals surface area contributed by atoms with Crippen LogP contribution >= 0.6 is 11.3 Å². The Kier molecular flexibility index (Phi) is 5.51. The number of aliphatic imine (C=N–C) groups is 1. The van der Waals surface area contributed by atoms with Gasteiger partial charge in [-0.15, -0.1) is 11.3 Å². The lowest BCUT2D eigenvalue weighted by Gasteiger charge is -2.15. The van der Waals surface area contributed by atoms with Gasteiger partial charge in [-0.1, -0.05) is 30.3 Å². The van der Waals surface area contributed by atoms with Gasteiger partial charge in [0, 0.05) is 36.0 Å². The number of aryl methyl sites for hydroxylation is 1. The highest BCUT2D eigenvalue weighted by atomic mass is 32.1. The van der Waals surface area contributed by atoms with Gasteiger partial charge in [0.2, 0.25) is 0 Å². The standard InChI is InChI=1S/C19H26N4S/c1-3-20-18(21-12-9-17-22-13-15(2)24-17)23-14-19(10-11-19)16-7-5-4-6-8-16/h4-8,13H,3,9-12,14H2,1-2H3,(H2,20,21,23). The van der Waals surface area contributed by atoms with Crippen LogP contribution < -0.4 is 10.6 Å². The highest BCUT2D eigenvalue weighted by Crippen LogP contribution is 2.48. The van der Waals surface area contributed by atoms with Gasteiger partial charge in [0.25, 0.3) is 0 Å². The molecule has 0 aliphatic heterocycles. The van der Waals surface area contributed by atoms with Crippen LogP contribution in [-0.4, -0.2) is 30.6 Å². The minimum atomic E-state index is 0.260. The molecule has 0 atom stereocenters. The van der Waals surface area contributed by atoms with Crippen LogP contribution in [0.2, 0.25) is 0 Å². The first kappa shape index (κ1) is 17.0. The van der Waals surface area contributed by atoms with Gasteiger partial charge in [-0.2, -0.15) is 0 Å². The van der Waals surface area contributed by atoms with Crippen LogP contribution in [0.1, 0.15) is 35.2 Å². The topological polar surface area (TPSA) is 49.3 Å². The summed E-state index contributed by atoms with van der Waals surface area (Å²) in [6, 6.07) is 10.8. The van der Waals surface area contributed by atoms with Gasteiger partial charge in [0.15, 0.2) is 5.96 Å². The summed E-state index contributed by atoms with van der Waals surface area (Å²) in [6.45, 7) is 6.78. The third-order valence-corrected chi connectivity index (χ3v) is 5.40. The van der Waals surface area contributed by atoms with Crippen molar-refractivity contribution in [3.63, 3.8) is 0 Å². The van der Waals surface area contributed by atoms with Crippen LogP contribution in [0.4, 0.5) is 0 Å². The number of rotatable bonds is 7. The molecule has 1 fully saturated rings. The molecule has 0 amide bonds. The third-order valence-electron chi connectivity index (χ3n) is 4.42. The summed E-state index contributed by atoms with van der Waals surface area (Å²) in [5.74, 6) is 0.910. The van der Waals surface area contributed by atoms with Crippen molar-refractivity contribution < 1.29 is 0 Å². The minimum Gasteiger partial charge on any atom is -0.357 e. The van der Waals surface area contributed by atoms with Crippen molar-refractivity contribution in [1.29, 1.82) is 0 Å². The zero-order valence-corrected chi connectivity index (χ0v) is 15.3. The number of benzene rings is 1. The predicted molar refractivity (Wildman–Crippen MR) is 102 cm³/mol. The van der Waals surface area contributed by atoms with Gasteiger partial charge in [-0.3, -0.25) is 4.99 Å². The number of guanidine groups is 1. The number of nitrogens with zero attached hydrogens (tertiary/aromatic N) is 2. The summed E-state index contributed by atoms with van der Waals surface area (Å²) >= 11 is 1.77. The van der Waals surface area contributed by atoms with E-state index in [1.807, 2.05) is 6.20 Å². The monoisotopic (exact) mass is 342 g/mol. The van der Waals surface area contributed by atoms with E-state index in [0.717, 1.165) is 32.0 Å². The van der Waals surface area contributed by atoms with Crippen molar-refractivity contribution in [1.82, 2.24) is 15.6 Å². The molecule has 2 aromatic rings. The average Bonchev–Trinajstić information content (AvgIpc) is 3.29. The summed E-state index contributed by atoms with van der Waals surface area (Å²) < 4.78 is 0. The molecule has 0 saturated heterocycles. The molecular formula is C19H26N4S. The molecule has 0 unspecified atom stereocenters. The van der Waals surface area contributed by atoms with E-state index in [1.54, 1.807) is 11.3 Å². The Morgan fingerprint density at radius 1 is 1.25 bits per heavy atom. The lowest BCUT2D eigenvalue weighted by molar-refractivity contribution is 0.692. The van der Waals surface area contributed by atoms with E-state index in [-0.39, 0.29) is 5.41 Å². The highest BCUT2D eigenvalue weighted by Gasteiger charge is 2.43. The third kappa shape index (κ3) is 4.35. The lowest BCUT2D eigenvalue weighted by Crippen LogP contribution is -2.39. The molecule has 128 valence electrons. The molecule has 1 heterocycles. The van der Waals surface area contributed by atoms with Crippen LogP contribution in [0, 0.1) is 6.92 Å². The fourth-order valence-corrected chi connectivity index (χ4v) is 3.64. The van der Waals surface area contributed by atoms with Crippen LogP contribution in [0.25, 0.3) is 0 Å². The average molecular weight is 343 g/mol. The Morgan fingerprint density at radius 2 is 2.04 bits per heavy atom. The normalized spacial score (nSPS) is 16.0. The highest BCUT2D eigenvalue weighted by molar-refractivity contribution is 7.11. The maximum atomic E-state index is 4.84. The number of aromatic nitrogens is 1. The van der Waals surface area contributed by atoms with Crippen molar-refractivity contribution in [2.24, 2.45) is 4.99 Å². The quantitative estimate of drug-likeness (QED) is 0.600. The Labute approximate surface area is 148 Å². The van der Waals surface area contributed by atoms with Gasteiger partial charge in [-0.05, 0) is 32.3 Å². The molecule has 2 N–H and O–H groups in total. The maximum Gasteiger partial charge on any atom is 0.191 e. The van der Waals surface area contributed by atoms with Crippen molar-refractivity contribution in [3.8, 4) is 0 Å². The van der Waals surface area contributed by atoms with Gasteiger partial charge >= 0.3 is 0 Å². The number of hydrogen-bond donors (Lipinski definition) is 2. The second kappa shape index (κ2) is 7.79. The summed E-state index contributed by atoms with van der Waals surface area (Å²) in [7, 11) is 0. The molecule has 1 aromatic carbocycles. The Hall–Kier alpha value is -1.88. The Balaban J connectivity index is 1.55. The van der Waals surface area contributed by atoms with Gasteiger partial charge in [0.05, 0.1) is 11.6 Å². The molecule has 1 aromatic heterocycles. The smallest absolute Gasteiger partial charge is 0.191 e. The SMILES string of the molecule is CCNC(=NCC1(c2ccccc2)CC1)NCCc1ncc(C)s1. The van der Waals surface area contributed by atoms with Gasteiger partial charge in [0.1, 0.15) is 0 Å². The predicted octanol–water partition coefficient (Wildman–Crippen LogP) is 3.28. The van der Waals surface area contributed by atoms with Crippen molar-refractivity contribution in [3.05, 3.63) is 52.0 Å². The summed E-state index contributed by atoms with van der Waals surface area (Å²) in [5, 5.41) is 7.96. The van der Waals surface area contributed by atoms with E-state index in [2.05, 4.69) is 59.8 Å². The maximum absolute atomic E-state index is 4.84. The summed E-state index contributed by atoms with van der Waals surface area (Å²) in [4.78, 5) is 10.5. The van der Waals surface area contributed by atoms with Crippen LogP contribution in [0.3, 0.4) is 0 Å². The zero-order chi connectivity index (χ0) is 16.8. The molecule has 5 heteroatoms. The van der Waals surface area contributed by atoms with Crippen LogP contribution in [0.15, 0.2) is 41.5 Å². The fourth-order valence-electron chi connectivity index (χ4n) is 2.86. The Morgan fingerprint density at radius 3 is 2.67 bits per heavy atom. The molecule has 24 heavy (non-hydrogen) atoms. The van der Waals surface area contributed by atoms with Gasteiger partial charge < -0.3 is 10.6 Å². The summed E-state index contributed by atoms with van der Waals surface area (Å²) in [5.41, 5.74) is 1.68. The number of thiazole rings is 1. The number of hydrogen-bond acceptors (Lipinski definition) is 3. The van der Waals surface area contributed by atoms with E-state index in [4.69, 9.17) is 4.99 Å². The molecule has 3 rings (SSSR count). The fraction of sp³-hybridized carbons (Fsp3) is 0.474. The first-order valence-electron chi connectivity index (χ1n) is 8.71. The van der Waals surface area contributed by atoms with E-state index in [9.17, 15) is 0 Å². The Bertz CT molecular complexity index is 674. The second-order valence-electron chi connectivity index (χ2n) is 6.38. The van der Waals surface area contributed by atoms with Crippen molar-refractivity contribution >= 4 is 17.3 Å². The van der Waals surface area contributed by atoms with Crippen LogP contribution in [-0.2, 0) is 11.8 Å². The molecule has 0 bridgehead atoms. The first-order valence-corrected chi connectivity index (χ1v) is 9.52. The molecule has 0 radical (unpaired) electrons. The largest absolute Gasteiger partial charge is 0.357 e. The van der Waals surface area contributed by atoms with E-state index in [1.165, 1.54) is 28.3 Å². The molecule has 0 spiro atoms. The number of nitrogens with one attached hydrogen (secondary N) is 2. The summed E-state index contributed by atoms with van der Waals surface area (Å²) in [6.07, 6.45) is 5.35. The molecule has 1 aliphatic carbocycles. The van der Waals surface area contributed by atoms with E-state index >= 15 is 0 Å². The van der Waals surface area contributed by atoms with Gasteiger partial charge in [-0.25, -0.2) is 4.98 Å². The first-order chi connectivity index (χ1) is 11.7. The molecule has 1 aliphatic rings. The van der Waals surface area contributed by atoms with Crippen molar-refractivity contribution in [2.45, 2.75) is 38.5 Å². The lowest BCUT2D eigenvalue weighted by atomic mass is 9.96. The van der Waals surface area contributed by atoms with Crippen molar-refractivity contribution in [2.75, 3.05) is 19.6 Å². The molecule has 4 nitrogen and oxygen atoms in total. The second-order valence-corrected chi connectivity index (χ2v) is 7.70. The zero-order valence-electron chi connectivity index (χ0n) is 14.5. The van der Waals surface area contributed by atoms with E-state index in [0.29, 0.717) is 0 Å². The van der Waals surface area contributed by atoms with E-state index < -0.39 is 0 Å². The molecule has 1 saturated carbocycles. The minimum absolute atomic E-state index is 0.260. The molecular weight excluding hydrogens is 316 g/mol. The van der Waals surface area contributed by atoms with Crippen LogP contribution in [0.5, 0.6) is 0 Å².